The van der Waals surface area contributed by atoms with Gasteiger partial charge < -0.3 is 9.47 Å². The monoisotopic (exact) mass is 255 g/mol. The van der Waals surface area contributed by atoms with Gasteiger partial charge in [-0.1, -0.05) is 23.3 Å². The fourth-order valence-corrected chi connectivity index (χ4v) is 1.53. The fraction of sp³-hybridized carbons (Fsp3) is 0.733. The van der Waals surface area contributed by atoms with Crippen LogP contribution in [0, 0.1) is 0 Å². The summed E-state index contributed by atoms with van der Waals surface area (Å²) in [5, 5.41) is 3.13. The number of nitrogens with one attached hydrogen (secondary N) is 1. The highest BCUT2D eigenvalue weighted by molar-refractivity contribution is 5.02. The minimum Gasteiger partial charge on any atom is -0.385 e. The highest BCUT2D eigenvalue weighted by Gasteiger charge is 2.03. The van der Waals surface area contributed by atoms with E-state index in [1.165, 1.54) is 11.1 Å². The lowest BCUT2D eigenvalue weighted by Gasteiger charge is -2.15. The van der Waals surface area contributed by atoms with Crippen molar-refractivity contribution < 1.29 is 9.47 Å². The molecule has 0 aliphatic heterocycles. The van der Waals surface area contributed by atoms with E-state index in [4.69, 9.17) is 9.47 Å². The van der Waals surface area contributed by atoms with Gasteiger partial charge in [0.15, 0.2) is 0 Å². The second kappa shape index (κ2) is 11.5. The molecule has 0 aromatic heterocycles. The van der Waals surface area contributed by atoms with E-state index >= 15 is 0 Å². The van der Waals surface area contributed by atoms with Crippen LogP contribution in [0.15, 0.2) is 23.3 Å². The summed E-state index contributed by atoms with van der Waals surface area (Å²) in [5.41, 5.74) is 2.77. The minimum atomic E-state index is 0.0757. The summed E-state index contributed by atoms with van der Waals surface area (Å²) in [7, 11) is 3.62. The van der Waals surface area contributed by atoms with Crippen LogP contribution in [-0.2, 0) is 9.47 Å². The van der Waals surface area contributed by atoms with E-state index in [0.717, 1.165) is 25.9 Å². The van der Waals surface area contributed by atoms with Crippen LogP contribution < -0.4 is 5.32 Å². The molecule has 0 rings (SSSR count). The molecule has 3 heteroatoms. The van der Waals surface area contributed by atoms with E-state index in [1.54, 1.807) is 7.11 Å². The van der Waals surface area contributed by atoms with Crippen molar-refractivity contribution in [2.75, 3.05) is 27.4 Å². The van der Waals surface area contributed by atoms with Crippen LogP contribution in [0.25, 0.3) is 0 Å². The lowest BCUT2D eigenvalue weighted by molar-refractivity contribution is 0.0283. The third-order valence-electron chi connectivity index (χ3n) is 2.73. The third kappa shape index (κ3) is 10.5. The first-order chi connectivity index (χ1) is 8.60. The van der Waals surface area contributed by atoms with Gasteiger partial charge in [-0.15, -0.1) is 0 Å². The largest absolute Gasteiger partial charge is 0.385 e. The average molecular weight is 255 g/mol. The normalized spacial score (nSPS) is 13.5. The molecule has 0 heterocycles. The van der Waals surface area contributed by atoms with Crippen molar-refractivity contribution in [1.29, 1.82) is 0 Å². The van der Waals surface area contributed by atoms with E-state index < -0.39 is 0 Å². The maximum Gasteiger partial charge on any atom is 0.110 e. The first kappa shape index (κ1) is 17.4. The summed E-state index contributed by atoms with van der Waals surface area (Å²) in [6.45, 7) is 7.81. The predicted octanol–water partition coefficient (Wildman–Crippen LogP) is 3.28. The quantitative estimate of drug-likeness (QED) is 0.480. The van der Waals surface area contributed by atoms with Crippen LogP contribution in [0.3, 0.4) is 0 Å². The van der Waals surface area contributed by atoms with Crippen molar-refractivity contribution in [3.05, 3.63) is 23.3 Å². The molecular weight excluding hydrogens is 226 g/mol. The van der Waals surface area contributed by atoms with Gasteiger partial charge in [-0.05, 0) is 40.7 Å². The first-order valence-corrected chi connectivity index (χ1v) is 6.67. The highest BCUT2D eigenvalue weighted by atomic mass is 16.5. The van der Waals surface area contributed by atoms with Crippen molar-refractivity contribution in [3.8, 4) is 0 Å². The van der Waals surface area contributed by atoms with Gasteiger partial charge >= 0.3 is 0 Å². The summed E-state index contributed by atoms with van der Waals surface area (Å²) in [6, 6.07) is 0. The molecule has 0 fully saturated rings. The van der Waals surface area contributed by atoms with E-state index in [1.807, 2.05) is 7.05 Å². The standard InChI is InChI=1S/C15H29NO2/c1-13(2)7-6-8-14(3)9-12-18-15(16-4)10-11-17-5/h7,9,15-16H,6,8,10-12H2,1-5H3/b14-9+. The number of methoxy groups -OCH3 is 1. The van der Waals surface area contributed by atoms with Gasteiger partial charge in [0.1, 0.15) is 6.23 Å². The van der Waals surface area contributed by atoms with E-state index in [-0.39, 0.29) is 6.23 Å². The zero-order valence-electron chi connectivity index (χ0n) is 12.6. The predicted molar refractivity (Wildman–Crippen MR) is 77.7 cm³/mol. The Kier molecular flexibility index (Phi) is 11.0. The number of hydrogen-bond acceptors (Lipinski definition) is 3. The molecule has 1 atom stereocenters. The molecule has 0 amide bonds. The molecule has 0 radical (unpaired) electrons. The topological polar surface area (TPSA) is 30.5 Å². The van der Waals surface area contributed by atoms with Crippen LogP contribution in [0.5, 0.6) is 0 Å². The third-order valence-corrected chi connectivity index (χ3v) is 2.73. The molecule has 106 valence electrons. The molecule has 1 unspecified atom stereocenters. The SMILES string of the molecule is CNC(CCOC)OC/C=C(\C)CCC=C(C)C. The Morgan fingerprint density at radius 1 is 1.22 bits per heavy atom. The van der Waals surface area contributed by atoms with Crippen LogP contribution in [0.2, 0.25) is 0 Å². The Morgan fingerprint density at radius 3 is 2.50 bits per heavy atom. The molecule has 0 saturated heterocycles. The Balaban J connectivity index is 3.80. The Hall–Kier alpha value is -0.640. The molecule has 0 aromatic carbocycles. The van der Waals surface area contributed by atoms with Crippen LogP contribution >= 0.6 is 0 Å². The maximum absolute atomic E-state index is 5.71. The van der Waals surface area contributed by atoms with E-state index in [0.29, 0.717) is 6.61 Å². The molecule has 0 bridgehead atoms. The Bertz CT molecular complexity index is 255. The minimum absolute atomic E-state index is 0.0757. The van der Waals surface area contributed by atoms with Crippen LogP contribution in [0.1, 0.15) is 40.0 Å². The molecule has 3 nitrogen and oxygen atoms in total. The first-order valence-electron chi connectivity index (χ1n) is 6.67. The number of ether oxygens (including phenoxy) is 2. The molecule has 0 aliphatic carbocycles. The smallest absolute Gasteiger partial charge is 0.110 e. The zero-order chi connectivity index (χ0) is 13.8. The van der Waals surface area contributed by atoms with Gasteiger partial charge in [0.05, 0.1) is 6.61 Å². The van der Waals surface area contributed by atoms with Gasteiger partial charge in [-0.25, -0.2) is 0 Å². The summed E-state index contributed by atoms with van der Waals surface area (Å²) in [4.78, 5) is 0. The molecule has 0 spiro atoms. The van der Waals surface area contributed by atoms with Crippen molar-refractivity contribution >= 4 is 0 Å². The molecule has 0 saturated carbocycles. The second-order valence-corrected chi connectivity index (χ2v) is 4.76. The second-order valence-electron chi connectivity index (χ2n) is 4.76. The summed E-state index contributed by atoms with van der Waals surface area (Å²) in [5.74, 6) is 0. The van der Waals surface area contributed by atoms with Gasteiger partial charge in [0.25, 0.3) is 0 Å². The lowest BCUT2D eigenvalue weighted by Crippen LogP contribution is -2.29. The maximum atomic E-state index is 5.71. The van der Waals surface area contributed by atoms with Crippen LogP contribution in [-0.4, -0.2) is 33.6 Å². The van der Waals surface area contributed by atoms with E-state index in [2.05, 4.69) is 38.2 Å². The molecule has 0 aromatic rings. The summed E-state index contributed by atoms with van der Waals surface area (Å²) >= 11 is 0. The Labute approximate surface area is 112 Å². The van der Waals surface area contributed by atoms with E-state index in [9.17, 15) is 0 Å². The lowest BCUT2D eigenvalue weighted by atomic mass is 10.1. The summed E-state index contributed by atoms with van der Waals surface area (Å²) in [6.07, 6.45) is 7.60. The van der Waals surface area contributed by atoms with Gasteiger partial charge in [-0.3, -0.25) is 5.32 Å². The number of allylic oxidation sites excluding steroid dienone is 3. The number of hydrogen-bond donors (Lipinski definition) is 1. The van der Waals surface area contributed by atoms with Gasteiger partial charge in [0.2, 0.25) is 0 Å². The molecule has 0 aliphatic rings. The van der Waals surface area contributed by atoms with Crippen molar-refractivity contribution in [2.24, 2.45) is 0 Å². The number of rotatable bonds is 10. The highest BCUT2D eigenvalue weighted by Crippen LogP contribution is 2.06. The Morgan fingerprint density at radius 2 is 1.94 bits per heavy atom. The molecule has 18 heavy (non-hydrogen) atoms. The van der Waals surface area contributed by atoms with Crippen molar-refractivity contribution in [1.82, 2.24) is 5.32 Å². The van der Waals surface area contributed by atoms with Gasteiger partial charge in [0, 0.05) is 20.1 Å². The summed E-state index contributed by atoms with van der Waals surface area (Å²) < 4.78 is 10.7. The molecular formula is C15H29NO2. The zero-order valence-corrected chi connectivity index (χ0v) is 12.6. The fourth-order valence-electron chi connectivity index (χ4n) is 1.53. The van der Waals surface area contributed by atoms with Crippen LogP contribution in [0.4, 0.5) is 0 Å². The molecule has 1 N–H and O–H groups in total. The average Bonchev–Trinajstić information content (AvgIpc) is 2.33. The van der Waals surface area contributed by atoms with Crippen molar-refractivity contribution in [2.45, 2.75) is 46.3 Å². The van der Waals surface area contributed by atoms with Gasteiger partial charge in [-0.2, -0.15) is 0 Å². The van der Waals surface area contributed by atoms with Crippen molar-refractivity contribution in [3.63, 3.8) is 0 Å².